The molecule has 8 heterocycles. The largest absolute Gasteiger partial charge is 0.573 e. The number of alkyl halides is 3. The third kappa shape index (κ3) is 23.1. The molecule has 3 fully saturated rings. The van der Waals surface area contributed by atoms with E-state index in [1.165, 1.54) is 38.2 Å². The molecule has 18 atom stereocenters. The number of hydrogen-bond acceptors (Lipinski definition) is 31. The molecule has 14 rings (SSSR count). The number of nitrogens with two attached hydrogens (primary N) is 2. The number of phenols is 3. The summed E-state index contributed by atoms with van der Waals surface area (Å²) >= 11 is 14.4. The number of carbonyl (C=O) groups excluding carboxylic acids is 10. The van der Waals surface area contributed by atoms with Gasteiger partial charge >= 0.3 is 12.4 Å². The molecule has 11 amide bonds. The van der Waals surface area contributed by atoms with E-state index in [0.717, 1.165) is 78.9 Å². The van der Waals surface area contributed by atoms with Gasteiger partial charge in [0.2, 0.25) is 59.3 Å². The van der Waals surface area contributed by atoms with Crippen molar-refractivity contribution < 1.29 is 145 Å². The molecule has 6 aromatic carbocycles. The lowest BCUT2D eigenvalue weighted by molar-refractivity contribution is -0.334. The van der Waals surface area contributed by atoms with Gasteiger partial charge in [-0.15, -0.1) is 13.2 Å². The minimum Gasteiger partial charge on any atom is -0.508 e. The molecule has 6 aromatic rings. The molecule has 696 valence electrons. The predicted molar refractivity (Wildman–Crippen MR) is 442 cm³/mol. The zero-order valence-corrected chi connectivity index (χ0v) is 70.8. The van der Waals surface area contributed by atoms with Gasteiger partial charge in [-0.25, -0.2) is 15.3 Å². The van der Waals surface area contributed by atoms with Gasteiger partial charge in [-0.1, -0.05) is 55.2 Å². The summed E-state index contributed by atoms with van der Waals surface area (Å²) in [6, 6.07) is 2.67. The number of fused-ring (bicyclic) bond motifs is 15. The van der Waals surface area contributed by atoms with Crippen molar-refractivity contribution in [3.8, 4) is 62.9 Å². The molecule has 0 radical (unpaired) electrons. The Kier molecular flexibility index (Phi) is 30.5. The Bertz CT molecular complexity index is 5200. The molecule has 8 aliphatic rings. The molecule has 24 N–H and O–H groups in total. The Labute approximate surface area is 741 Å². The maximum absolute atomic E-state index is 16.3. The molecule has 3 saturated heterocycles. The second-order valence-corrected chi connectivity index (χ2v) is 32.7. The van der Waals surface area contributed by atoms with E-state index in [9.17, 15) is 83.1 Å². The van der Waals surface area contributed by atoms with Crippen molar-refractivity contribution >= 4 is 88.1 Å². The van der Waals surface area contributed by atoms with Crippen molar-refractivity contribution in [2.45, 2.75) is 163 Å². The molecule has 0 saturated carbocycles. The van der Waals surface area contributed by atoms with Crippen LogP contribution in [0.5, 0.6) is 51.7 Å². The minimum atomic E-state index is -4.91. The zero-order chi connectivity index (χ0) is 93.5. The van der Waals surface area contributed by atoms with Gasteiger partial charge in [0.05, 0.1) is 41.3 Å². The van der Waals surface area contributed by atoms with Crippen LogP contribution in [0, 0.1) is 5.92 Å². The summed E-state index contributed by atoms with van der Waals surface area (Å²) in [5.41, 5.74) is 11.5. The zero-order valence-electron chi connectivity index (χ0n) is 69.3. The first-order valence-electron chi connectivity index (χ1n) is 40.4. The fraction of sp³-hybridized carbons (Fsp3) is 0.439. The first kappa shape index (κ1) is 96.3. The lowest BCUT2D eigenvalue weighted by Gasteiger charge is -2.48. The van der Waals surface area contributed by atoms with Crippen molar-refractivity contribution in [1.29, 1.82) is 0 Å². The number of hydrazine groups is 1. The van der Waals surface area contributed by atoms with Crippen LogP contribution in [0.4, 0.5) is 23.7 Å². The smallest absolute Gasteiger partial charge is 0.508 e. The van der Waals surface area contributed by atoms with Gasteiger partial charge in [0.25, 0.3) is 5.91 Å². The second kappa shape index (κ2) is 40.9. The van der Waals surface area contributed by atoms with Crippen molar-refractivity contribution in [1.82, 2.24) is 63.3 Å². The van der Waals surface area contributed by atoms with Crippen molar-refractivity contribution in [2.75, 3.05) is 64.8 Å². The molecule has 8 aliphatic heterocycles. The highest BCUT2D eigenvalue weighted by molar-refractivity contribution is 6.32. The van der Waals surface area contributed by atoms with Crippen LogP contribution in [0.1, 0.15) is 105 Å². The molecule has 0 unspecified atom stereocenters. The molecule has 0 aliphatic carbocycles. The minimum absolute atomic E-state index is 0.135. The number of primary amides is 2. The van der Waals surface area contributed by atoms with Gasteiger partial charge in [0.1, 0.15) is 101 Å². The summed E-state index contributed by atoms with van der Waals surface area (Å²) in [6.07, 6.45) is -24.3. The maximum atomic E-state index is 16.3. The summed E-state index contributed by atoms with van der Waals surface area (Å²) in [5.74, 6) is -17.8. The van der Waals surface area contributed by atoms with Gasteiger partial charge in [-0.2, -0.15) is 0 Å². The van der Waals surface area contributed by atoms with Crippen molar-refractivity contribution in [3.05, 3.63) is 141 Å². The number of aromatic hydroxyl groups is 3. The van der Waals surface area contributed by atoms with E-state index in [0.29, 0.717) is 32.7 Å². The van der Waals surface area contributed by atoms with Crippen molar-refractivity contribution in [2.24, 2.45) is 17.4 Å². The average Bonchev–Trinajstić information content (AvgIpc) is 0.750. The SMILES string of the molecule is CN[C@H](CC(C)C)C(=O)N[C@H]1C(=O)N[C@@H](CC(N)=O)C(=O)N[C@H]2C(=O)N[C@H]3C(=O)N[C@H](C(=O)N[C@@H](C(=O)NOCC(N)=O)c4cc(O)cc(O)c4-c4cc3ccc4O)[C@H](O)c3ccc(c(Cl)c3)Oc3cc2cc(c3O[C@@H]2O[C@H](CO)[C@@H](O)[C@H](O)[C@H]2O[C@H]2C[C@](C)(NCCN3CCN(NC(=O)Nc4ccc(OC(F)(F)F)cc4)CC3)[C@H](O)[C@H](C)O2)Oc2ccc(cc2Cl)[C@H]1O. The number of nitrogens with zero attached hydrogens (tertiary/aromatic N) is 2. The Hall–Kier alpha value is -11.8. The number of halogens is 5. The predicted octanol–water partition coefficient (Wildman–Crippen LogP) is 0.438. The number of urea groups is 1. The number of aliphatic hydroxyl groups is 6. The van der Waals surface area contributed by atoms with Gasteiger partial charge in [0.15, 0.2) is 30.5 Å². The number of ether oxygens (including phenoxy) is 7. The molecule has 47 heteroatoms. The Morgan fingerprint density at radius 2 is 1.33 bits per heavy atom. The van der Waals surface area contributed by atoms with Crippen LogP contribution in [0.3, 0.4) is 0 Å². The second-order valence-electron chi connectivity index (χ2n) is 31.9. The van der Waals surface area contributed by atoms with Crippen LogP contribution in [0.15, 0.2) is 103 Å². The van der Waals surface area contributed by atoms with E-state index in [2.05, 4.69) is 62.9 Å². The number of benzene rings is 6. The summed E-state index contributed by atoms with van der Waals surface area (Å²) in [4.78, 5) is 152. The number of carbonyl (C=O) groups is 10. The van der Waals surface area contributed by atoms with Crippen LogP contribution in [0.2, 0.25) is 10.0 Å². The summed E-state index contributed by atoms with van der Waals surface area (Å²) in [7, 11) is 1.46. The van der Waals surface area contributed by atoms with E-state index < -0.39 is 284 Å². The monoisotopic (exact) mass is 1850 g/mol. The Balaban J connectivity index is 0.962. The van der Waals surface area contributed by atoms with Gasteiger partial charge in [-0.3, -0.25) is 58.3 Å². The van der Waals surface area contributed by atoms with Crippen LogP contribution in [-0.2, 0) is 62.2 Å². The summed E-state index contributed by atoms with van der Waals surface area (Å²) in [6.45, 7) is 6.89. The van der Waals surface area contributed by atoms with Crippen LogP contribution in [0.25, 0.3) is 11.1 Å². The van der Waals surface area contributed by atoms with E-state index in [-0.39, 0.29) is 42.1 Å². The van der Waals surface area contributed by atoms with E-state index >= 15 is 24.0 Å². The molecule has 42 nitrogen and oxygen atoms in total. The first-order valence-corrected chi connectivity index (χ1v) is 41.1. The summed E-state index contributed by atoms with van der Waals surface area (Å²) < 4.78 is 81.6. The van der Waals surface area contributed by atoms with Crippen LogP contribution < -0.4 is 89.2 Å². The number of phenolic OH excluding ortho intramolecular Hbond substituents is 3. The number of piperazine rings is 1. The number of hydroxylamine groups is 1. The van der Waals surface area contributed by atoms with Crippen LogP contribution in [-0.4, -0.2) is 260 Å². The molecule has 11 bridgehead atoms. The highest BCUT2D eigenvalue weighted by Gasteiger charge is 2.53. The van der Waals surface area contributed by atoms with E-state index in [4.69, 9.17) is 67.9 Å². The number of aliphatic hydroxyl groups excluding tert-OH is 6. The number of amides is 11. The highest BCUT2D eigenvalue weighted by atomic mass is 35.5. The topological polar surface area (TPSA) is 617 Å². The molecule has 129 heavy (non-hydrogen) atoms. The summed E-state index contributed by atoms with van der Waals surface area (Å²) in [5, 5.41) is 131. The quantitative estimate of drug-likeness (QED) is 0.0387. The normalized spacial score (nSPS) is 26.6. The molecular formula is C82H96Cl2F3N15O27. The van der Waals surface area contributed by atoms with Gasteiger partial charge in [0, 0.05) is 74.1 Å². The fourth-order valence-electron chi connectivity index (χ4n) is 15.5. The number of hydrogen-bond donors (Lipinski definition) is 22. The van der Waals surface area contributed by atoms with E-state index in [1.54, 1.807) is 25.8 Å². The Morgan fingerprint density at radius 3 is 1.94 bits per heavy atom. The molecule has 0 spiro atoms. The number of likely N-dealkylation sites (N-methyl/N-ethyl adjacent to an activating group) is 1. The first-order chi connectivity index (χ1) is 61.0. The Morgan fingerprint density at radius 1 is 0.698 bits per heavy atom. The fourth-order valence-corrected chi connectivity index (χ4v) is 16.0. The lowest BCUT2D eigenvalue weighted by atomic mass is 9.85. The van der Waals surface area contributed by atoms with Gasteiger partial charge < -0.3 is 138 Å². The number of anilines is 1. The van der Waals surface area contributed by atoms with E-state index in [1.807, 2.05) is 5.48 Å². The third-order valence-corrected chi connectivity index (χ3v) is 22.7. The van der Waals surface area contributed by atoms with Gasteiger partial charge in [-0.05, 0) is 140 Å². The van der Waals surface area contributed by atoms with Crippen molar-refractivity contribution in [3.63, 3.8) is 0 Å². The highest BCUT2D eigenvalue weighted by Crippen LogP contribution is 2.50. The lowest BCUT2D eigenvalue weighted by Crippen LogP contribution is -2.66. The maximum Gasteiger partial charge on any atom is 0.573 e. The molecule has 0 aromatic heterocycles. The standard InChI is InChI=1S/C82H96Cl2F3N15O27/c1-34(2)22-47(90-5)72(114)97-63-65(109)37-7-14-51(45(83)24-37)124-53-26-39-27-54(69(53)128-79-70(68(112)67(111)55(32-103)126-79)127-58-31-81(4,71(113)35(3)123-58)91-16-17-101-18-20-102(21-19-101)99-80(121)92-40-9-11-42(12-10-40)129-82(85,86)87)125-52-15-8-38(25-46(52)84)66(110)64-77(119)96-62(78(120)100-122-33-57(89)108)44-28-41(104)29-50(106)59(44)43-23-36(6-13-49(43)105)60(74(116)98-64)95-75(117)61(39)94-73(115)48(30-56(88)107)93-76(63)118/h6-15,23-29,34-35,47-48,55,58,60-68,70-71,79,90-91,103-106,109-113H,16-22,30-33H2,1-5H3,(H2,88,107)(H2,89,108)(H,93,118)(H,94,115)(H,95,117)(H,96,119)(H,97,114)(H,98,116)(H,100,120)(H2,92,99,121)/t35-,47+,48-,55+,58-,60+,61+,62+,63+,64-,65+,66+,67+,68-,70+,71+,79-,81-/m0/s1. The third-order valence-electron chi connectivity index (χ3n) is 22.1. The number of rotatable bonds is 23. The number of nitrogens with one attached hydrogen (secondary N) is 11. The van der Waals surface area contributed by atoms with Crippen LogP contribution >= 0.6 is 23.2 Å². The molecular weight excluding hydrogens is 1750 g/mol. The average molecular weight is 1850 g/mol.